The standard InChI is InChI=1S/C24H18NOP/c26-27-20-14-15-24-22(16-20)21-8-4-5-9-23(21)25(24)19-12-10-18(11-13-19)17-6-2-1-3-7-17/h1-16,26-27H. The van der Waals surface area contributed by atoms with Crippen LogP contribution in [0.25, 0.3) is 38.6 Å². The van der Waals surface area contributed by atoms with Crippen molar-refractivity contribution in [3.05, 3.63) is 97.1 Å². The molecule has 1 heterocycles. The fraction of sp³-hybridized carbons (Fsp3) is 0. The largest absolute Gasteiger partial charge is 0.372 e. The summed E-state index contributed by atoms with van der Waals surface area (Å²) in [5.74, 6) is 0. The van der Waals surface area contributed by atoms with Gasteiger partial charge in [0.25, 0.3) is 0 Å². The number of rotatable bonds is 3. The summed E-state index contributed by atoms with van der Waals surface area (Å²) >= 11 is 0. The van der Waals surface area contributed by atoms with E-state index in [0.29, 0.717) is 0 Å². The van der Waals surface area contributed by atoms with E-state index in [1.54, 1.807) is 0 Å². The van der Waals surface area contributed by atoms with Crippen molar-refractivity contribution in [1.82, 2.24) is 4.57 Å². The maximum atomic E-state index is 9.55. The Morgan fingerprint density at radius 2 is 1.26 bits per heavy atom. The number of hydrogen-bond donors (Lipinski definition) is 1. The van der Waals surface area contributed by atoms with Crippen LogP contribution in [0, 0.1) is 0 Å². The van der Waals surface area contributed by atoms with Crippen LogP contribution in [0.3, 0.4) is 0 Å². The van der Waals surface area contributed by atoms with Crippen molar-refractivity contribution < 1.29 is 4.89 Å². The lowest BCUT2D eigenvalue weighted by Gasteiger charge is -2.09. The molecule has 1 atom stereocenters. The van der Waals surface area contributed by atoms with Crippen LogP contribution in [0.15, 0.2) is 97.1 Å². The quantitative estimate of drug-likeness (QED) is 0.409. The minimum Gasteiger partial charge on any atom is -0.372 e. The van der Waals surface area contributed by atoms with Gasteiger partial charge >= 0.3 is 0 Å². The third-order valence-corrected chi connectivity index (χ3v) is 5.60. The second-order valence-corrected chi connectivity index (χ2v) is 7.41. The van der Waals surface area contributed by atoms with Gasteiger partial charge in [0, 0.05) is 25.3 Å². The van der Waals surface area contributed by atoms with Crippen LogP contribution in [-0.2, 0) is 0 Å². The molecule has 0 saturated heterocycles. The Balaban J connectivity index is 1.72. The van der Waals surface area contributed by atoms with Crippen LogP contribution < -0.4 is 5.30 Å². The van der Waals surface area contributed by atoms with E-state index in [1.165, 1.54) is 27.4 Å². The smallest absolute Gasteiger partial charge is 0.0541 e. The lowest BCUT2D eigenvalue weighted by Crippen LogP contribution is -1.96. The Morgan fingerprint density at radius 1 is 0.593 bits per heavy atom. The molecule has 2 nitrogen and oxygen atoms in total. The summed E-state index contributed by atoms with van der Waals surface area (Å²) < 4.78 is 2.30. The lowest BCUT2D eigenvalue weighted by atomic mass is 10.1. The van der Waals surface area contributed by atoms with E-state index < -0.39 is 0 Å². The second kappa shape index (κ2) is 6.66. The molecular formula is C24H18NOP. The van der Waals surface area contributed by atoms with Crippen LogP contribution in [0.1, 0.15) is 0 Å². The van der Waals surface area contributed by atoms with Crippen molar-refractivity contribution in [2.24, 2.45) is 0 Å². The fourth-order valence-electron chi connectivity index (χ4n) is 3.75. The van der Waals surface area contributed by atoms with E-state index in [0.717, 1.165) is 16.5 Å². The van der Waals surface area contributed by atoms with E-state index in [-0.39, 0.29) is 8.81 Å². The zero-order valence-electron chi connectivity index (χ0n) is 14.6. The average Bonchev–Trinajstić information content (AvgIpc) is 3.08. The van der Waals surface area contributed by atoms with E-state index in [9.17, 15) is 4.89 Å². The highest BCUT2D eigenvalue weighted by Gasteiger charge is 2.12. The van der Waals surface area contributed by atoms with Crippen molar-refractivity contribution in [3.63, 3.8) is 0 Å². The zero-order valence-corrected chi connectivity index (χ0v) is 15.6. The number of hydrogen-bond acceptors (Lipinski definition) is 1. The predicted molar refractivity (Wildman–Crippen MR) is 116 cm³/mol. The van der Waals surface area contributed by atoms with E-state index in [4.69, 9.17) is 0 Å². The molecule has 0 spiro atoms. The molecular weight excluding hydrogens is 349 g/mol. The fourth-order valence-corrected chi connectivity index (χ4v) is 4.12. The Hall–Kier alpha value is -2.93. The first-order valence-electron chi connectivity index (χ1n) is 8.94. The number of para-hydroxylation sites is 1. The van der Waals surface area contributed by atoms with Gasteiger partial charge in [0.2, 0.25) is 0 Å². The maximum Gasteiger partial charge on any atom is 0.0541 e. The van der Waals surface area contributed by atoms with Gasteiger partial charge in [0.1, 0.15) is 0 Å². The number of fused-ring (bicyclic) bond motifs is 3. The van der Waals surface area contributed by atoms with Gasteiger partial charge in [-0.1, -0.05) is 66.7 Å². The molecule has 0 aliphatic carbocycles. The molecule has 5 rings (SSSR count). The molecule has 130 valence electrons. The van der Waals surface area contributed by atoms with Crippen LogP contribution in [-0.4, -0.2) is 9.46 Å². The van der Waals surface area contributed by atoms with E-state index in [2.05, 4.69) is 89.5 Å². The van der Waals surface area contributed by atoms with Crippen LogP contribution in [0.5, 0.6) is 0 Å². The third-order valence-electron chi connectivity index (χ3n) is 5.03. The van der Waals surface area contributed by atoms with Gasteiger partial charge in [-0.15, -0.1) is 0 Å². The van der Waals surface area contributed by atoms with Gasteiger partial charge < -0.3 is 9.46 Å². The minimum absolute atomic E-state index is 0.187. The highest BCUT2D eigenvalue weighted by molar-refractivity contribution is 7.40. The SMILES string of the molecule is OPc1ccc2c(c1)c1ccccc1n2-c1ccc(-c2ccccc2)cc1. The average molecular weight is 367 g/mol. The van der Waals surface area contributed by atoms with Gasteiger partial charge in [-0.3, -0.25) is 0 Å². The van der Waals surface area contributed by atoms with Gasteiger partial charge in [-0.25, -0.2) is 0 Å². The van der Waals surface area contributed by atoms with Crippen LogP contribution >= 0.6 is 8.81 Å². The van der Waals surface area contributed by atoms with Crippen LogP contribution in [0.2, 0.25) is 0 Å². The molecule has 5 aromatic rings. The molecule has 3 heteroatoms. The number of nitrogens with zero attached hydrogens (tertiary/aromatic N) is 1. The summed E-state index contributed by atoms with van der Waals surface area (Å²) in [6, 6.07) is 33.8. The monoisotopic (exact) mass is 367 g/mol. The summed E-state index contributed by atoms with van der Waals surface area (Å²) in [6.45, 7) is 0. The van der Waals surface area contributed by atoms with Gasteiger partial charge in [0.15, 0.2) is 0 Å². The highest BCUT2D eigenvalue weighted by atomic mass is 31.1. The third kappa shape index (κ3) is 2.75. The molecule has 4 aromatic carbocycles. The molecule has 1 unspecified atom stereocenters. The molecule has 1 N–H and O–H groups in total. The normalized spacial score (nSPS) is 11.7. The first-order chi connectivity index (χ1) is 13.3. The second-order valence-electron chi connectivity index (χ2n) is 6.61. The summed E-state index contributed by atoms with van der Waals surface area (Å²) in [6.07, 6.45) is 0. The van der Waals surface area contributed by atoms with Crippen LogP contribution in [0.4, 0.5) is 0 Å². The van der Waals surface area contributed by atoms with E-state index >= 15 is 0 Å². The molecule has 0 aliphatic rings. The minimum atomic E-state index is -0.187. The molecule has 1 aromatic heterocycles. The summed E-state index contributed by atoms with van der Waals surface area (Å²) in [5, 5.41) is 3.35. The summed E-state index contributed by atoms with van der Waals surface area (Å²) in [7, 11) is -0.187. The molecule has 0 amide bonds. The predicted octanol–water partition coefficient (Wildman–Crippen LogP) is 5.66. The molecule has 27 heavy (non-hydrogen) atoms. The Labute approximate surface area is 159 Å². The molecule has 0 saturated carbocycles. The van der Waals surface area contributed by atoms with Gasteiger partial charge in [-0.05, 0) is 46.8 Å². The molecule has 0 bridgehead atoms. The van der Waals surface area contributed by atoms with Gasteiger partial charge in [-0.2, -0.15) is 0 Å². The highest BCUT2D eigenvalue weighted by Crippen LogP contribution is 2.32. The van der Waals surface area contributed by atoms with Gasteiger partial charge in [0.05, 0.1) is 11.0 Å². The number of benzene rings is 4. The Bertz CT molecular complexity index is 1240. The zero-order chi connectivity index (χ0) is 18.2. The molecule has 0 radical (unpaired) electrons. The first kappa shape index (κ1) is 16.3. The topological polar surface area (TPSA) is 25.2 Å². The molecule has 0 aliphatic heterocycles. The van der Waals surface area contributed by atoms with E-state index in [1.807, 2.05) is 12.1 Å². The van der Waals surface area contributed by atoms with Crippen molar-refractivity contribution in [2.75, 3.05) is 0 Å². The van der Waals surface area contributed by atoms with Crippen molar-refractivity contribution >= 4 is 35.9 Å². The summed E-state index contributed by atoms with van der Waals surface area (Å²) in [5.41, 5.74) is 5.91. The summed E-state index contributed by atoms with van der Waals surface area (Å²) in [4.78, 5) is 9.55. The lowest BCUT2D eigenvalue weighted by molar-refractivity contribution is 0.655. The molecule has 0 fully saturated rings. The van der Waals surface area contributed by atoms with Crippen molar-refractivity contribution in [2.45, 2.75) is 0 Å². The Kier molecular flexibility index (Phi) is 4.01. The maximum absolute atomic E-state index is 9.55. The van der Waals surface area contributed by atoms with Crippen molar-refractivity contribution in [3.8, 4) is 16.8 Å². The number of aromatic nitrogens is 1. The first-order valence-corrected chi connectivity index (χ1v) is 9.89. The van der Waals surface area contributed by atoms with Crippen molar-refractivity contribution in [1.29, 1.82) is 0 Å². The Morgan fingerprint density at radius 3 is 2.04 bits per heavy atom.